The lowest BCUT2D eigenvalue weighted by Crippen LogP contribution is -2.26. The van der Waals surface area contributed by atoms with E-state index in [-0.39, 0.29) is 24.1 Å². The number of ether oxygens (including phenoxy) is 1. The molecule has 0 saturated carbocycles. The highest BCUT2D eigenvalue weighted by atomic mass is 16.5. The Balaban J connectivity index is 2.00. The number of fused-ring (bicyclic) bond motifs is 1. The van der Waals surface area contributed by atoms with E-state index in [1.54, 1.807) is 7.05 Å². The fourth-order valence-corrected chi connectivity index (χ4v) is 2.28. The second-order valence-electron chi connectivity index (χ2n) is 4.61. The fraction of sp³-hybridized carbons (Fsp3) is 0.545. The summed E-state index contributed by atoms with van der Waals surface area (Å²) in [5.41, 5.74) is 0.245. The molecule has 0 aromatic carbocycles. The number of nitrogens with zero attached hydrogens (tertiary/aromatic N) is 3. The highest BCUT2D eigenvalue weighted by molar-refractivity contribution is 5.71. The van der Waals surface area contributed by atoms with Gasteiger partial charge in [-0.05, 0) is 0 Å². The molecule has 3 atom stereocenters. The van der Waals surface area contributed by atoms with Crippen molar-refractivity contribution in [2.24, 2.45) is 0 Å². The number of hydrogen-bond donors (Lipinski definition) is 4. The summed E-state index contributed by atoms with van der Waals surface area (Å²) in [5.74, 6) is 0.447. The Morgan fingerprint density at radius 1 is 1.65 bits per heavy atom. The summed E-state index contributed by atoms with van der Waals surface area (Å²) in [5, 5.41) is 21.6. The monoisotopic (exact) mass is 281 g/mol. The quantitative estimate of drug-likeness (QED) is 0.557. The van der Waals surface area contributed by atoms with E-state index < -0.39 is 18.4 Å². The van der Waals surface area contributed by atoms with E-state index in [0.29, 0.717) is 11.6 Å². The van der Waals surface area contributed by atoms with Gasteiger partial charge in [-0.15, -0.1) is 0 Å². The third-order valence-electron chi connectivity index (χ3n) is 3.37. The number of aromatic amines is 1. The highest BCUT2D eigenvalue weighted by Gasteiger charge is 2.35. The summed E-state index contributed by atoms with van der Waals surface area (Å²) in [6, 6.07) is 0. The molecule has 1 aliphatic heterocycles. The van der Waals surface area contributed by atoms with Crippen molar-refractivity contribution in [2.45, 2.75) is 24.9 Å². The number of nitrogens with one attached hydrogen (secondary N) is 2. The maximum atomic E-state index is 12.3. The fourth-order valence-electron chi connectivity index (χ4n) is 2.28. The number of anilines is 1. The van der Waals surface area contributed by atoms with Crippen LogP contribution in [0.25, 0.3) is 11.2 Å². The zero-order chi connectivity index (χ0) is 14.3. The summed E-state index contributed by atoms with van der Waals surface area (Å²) in [6.07, 6.45) is -0.569. The smallest absolute Gasteiger partial charge is 0.281 e. The van der Waals surface area contributed by atoms with Gasteiger partial charge in [-0.2, -0.15) is 4.98 Å². The van der Waals surface area contributed by atoms with Gasteiger partial charge in [0.1, 0.15) is 18.7 Å². The Labute approximate surface area is 113 Å². The molecular weight excluding hydrogens is 266 g/mol. The average molecular weight is 281 g/mol. The summed E-state index contributed by atoms with van der Waals surface area (Å²) >= 11 is 0. The number of aromatic nitrogens is 4. The first-order chi connectivity index (χ1) is 9.63. The largest absolute Gasteiger partial charge is 0.394 e. The van der Waals surface area contributed by atoms with E-state index in [2.05, 4.69) is 20.3 Å². The van der Waals surface area contributed by atoms with Gasteiger partial charge in [-0.3, -0.25) is 9.36 Å². The Morgan fingerprint density at radius 2 is 2.45 bits per heavy atom. The van der Waals surface area contributed by atoms with Crippen molar-refractivity contribution < 1.29 is 14.9 Å². The molecule has 0 aliphatic carbocycles. The zero-order valence-corrected chi connectivity index (χ0v) is 10.8. The minimum absolute atomic E-state index is 0.228. The standard InChI is InChI=1S/C11H15N5O4/c1-12-11-14-8-9(15-11)13-4-16(10(8)19)7-2-5(18)6(3-17)20-7/h4-7,17-18H,2-3H2,1H3,(H2,12,14,15)/t5-,6+,7?/m0/s1. The van der Waals surface area contributed by atoms with Gasteiger partial charge in [0.2, 0.25) is 5.95 Å². The van der Waals surface area contributed by atoms with Crippen LogP contribution < -0.4 is 10.9 Å². The Kier molecular flexibility index (Phi) is 3.16. The molecule has 1 saturated heterocycles. The lowest BCUT2D eigenvalue weighted by molar-refractivity contribution is -0.0456. The van der Waals surface area contributed by atoms with Crippen LogP contribution in [0.5, 0.6) is 0 Å². The Morgan fingerprint density at radius 3 is 3.10 bits per heavy atom. The third kappa shape index (κ3) is 1.96. The molecule has 3 rings (SSSR count). The normalized spacial score (nSPS) is 26.2. The number of aliphatic hydroxyl groups excluding tert-OH is 2. The lowest BCUT2D eigenvalue weighted by Gasteiger charge is -2.13. The molecule has 9 heteroatoms. The van der Waals surface area contributed by atoms with Crippen molar-refractivity contribution >= 4 is 17.1 Å². The van der Waals surface area contributed by atoms with Crippen molar-refractivity contribution in [3.8, 4) is 0 Å². The van der Waals surface area contributed by atoms with Crippen LogP contribution in [0.2, 0.25) is 0 Å². The van der Waals surface area contributed by atoms with Crippen LogP contribution in [0.4, 0.5) is 5.95 Å². The molecule has 0 radical (unpaired) electrons. The number of aliphatic hydroxyl groups is 2. The van der Waals surface area contributed by atoms with Crippen LogP contribution in [0, 0.1) is 0 Å². The predicted molar refractivity (Wildman–Crippen MR) is 69.3 cm³/mol. The molecule has 0 bridgehead atoms. The van der Waals surface area contributed by atoms with Crippen LogP contribution in [-0.4, -0.2) is 55.6 Å². The van der Waals surface area contributed by atoms with Gasteiger partial charge in [-0.1, -0.05) is 0 Å². The van der Waals surface area contributed by atoms with Gasteiger partial charge >= 0.3 is 0 Å². The third-order valence-corrected chi connectivity index (χ3v) is 3.37. The molecule has 2 aromatic heterocycles. The van der Waals surface area contributed by atoms with Gasteiger partial charge in [-0.25, -0.2) is 4.98 Å². The van der Waals surface area contributed by atoms with Crippen LogP contribution in [0.3, 0.4) is 0 Å². The predicted octanol–water partition coefficient (Wildman–Crippen LogP) is -1.20. The minimum atomic E-state index is -0.803. The SMILES string of the molecule is CNc1nc2ncn(C3C[C@H](O)[C@@H](CO)O3)c(=O)c2[nH]1. The summed E-state index contributed by atoms with van der Waals surface area (Å²) < 4.78 is 6.74. The molecule has 108 valence electrons. The van der Waals surface area contributed by atoms with Gasteiger partial charge in [0.15, 0.2) is 11.2 Å². The van der Waals surface area contributed by atoms with E-state index in [1.807, 2.05) is 0 Å². The van der Waals surface area contributed by atoms with E-state index in [1.165, 1.54) is 10.9 Å². The molecule has 1 fully saturated rings. The molecule has 2 aromatic rings. The molecule has 1 unspecified atom stereocenters. The minimum Gasteiger partial charge on any atom is -0.394 e. The number of H-pyrrole nitrogens is 1. The van der Waals surface area contributed by atoms with E-state index in [4.69, 9.17) is 9.84 Å². The molecule has 4 N–H and O–H groups in total. The summed E-state index contributed by atoms with van der Waals surface area (Å²) in [7, 11) is 1.68. The van der Waals surface area contributed by atoms with Crippen LogP contribution in [-0.2, 0) is 4.74 Å². The summed E-state index contributed by atoms with van der Waals surface area (Å²) in [4.78, 5) is 23.3. The topological polar surface area (TPSA) is 125 Å². The molecule has 9 nitrogen and oxygen atoms in total. The van der Waals surface area contributed by atoms with E-state index >= 15 is 0 Å². The first-order valence-corrected chi connectivity index (χ1v) is 6.23. The Bertz CT molecular complexity index is 681. The highest BCUT2D eigenvalue weighted by Crippen LogP contribution is 2.27. The number of imidazole rings is 1. The zero-order valence-electron chi connectivity index (χ0n) is 10.8. The van der Waals surface area contributed by atoms with Gasteiger partial charge in [0.25, 0.3) is 5.56 Å². The maximum Gasteiger partial charge on any atom is 0.281 e. The number of hydrogen-bond acceptors (Lipinski definition) is 7. The van der Waals surface area contributed by atoms with Crippen molar-refractivity contribution in [2.75, 3.05) is 19.0 Å². The lowest BCUT2D eigenvalue weighted by atomic mass is 10.2. The second kappa shape index (κ2) is 4.85. The summed E-state index contributed by atoms with van der Waals surface area (Å²) in [6.45, 7) is -0.296. The van der Waals surface area contributed by atoms with Crippen LogP contribution in [0.1, 0.15) is 12.6 Å². The first kappa shape index (κ1) is 13.0. The molecule has 0 amide bonds. The molecular formula is C11H15N5O4. The van der Waals surface area contributed by atoms with Crippen molar-refractivity contribution in [1.29, 1.82) is 0 Å². The van der Waals surface area contributed by atoms with Crippen molar-refractivity contribution in [1.82, 2.24) is 19.5 Å². The van der Waals surface area contributed by atoms with Gasteiger partial charge in [0.05, 0.1) is 12.7 Å². The molecule has 3 heterocycles. The molecule has 1 aliphatic rings. The number of rotatable bonds is 3. The van der Waals surface area contributed by atoms with E-state index in [9.17, 15) is 9.90 Å². The average Bonchev–Trinajstić information content (AvgIpc) is 3.02. The first-order valence-electron chi connectivity index (χ1n) is 6.23. The van der Waals surface area contributed by atoms with Crippen LogP contribution >= 0.6 is 0 Å². The van der Waals surface area contributed by atoms with Crippen molar-refractivity contribution in [3.63, 3.8) is 0 Å². The second-order valence-corrected chi connectivity index (χ2v) is 4.61. The molecule has 20 heavy (non-hydrogen) atoms. The van der Waals surface area contributed by atoms with Crippen LogP contribution in [0.15, 0.2) is 11.1 Å². The van der Waals surface area contributed by atoms with Gasteiger partial charge in [0, 0.05) is 13.5 Å². The maximum absolute atomic E-state index is 12.3. The Hall–Kier alpha value is -1.97. The van der Waals surface area contributed by atoms with E-state index in [0.717, 1.165) is 0 Å². The van der Waals surface area contributed by atoms with Crippen molar-refractivity contribution in [3.05, 3.63) is 16.7 Å². The molecule has 0 spiro atoms. The van der Waals surface area contributed by atoms with Gasteiger partial charge < -0.3 is 25.3 Å².